The van der Waals surface area contributed by atoms with E-state index in [0.717, 1.165) is 37.1 Å². The summed E-state index contributed by atoms with van der Waals surface area (Å²) in [6.45, 7) is 4.43. The highest BCUT2D eigenvalue weighted by molar-refractivity contribution is 7.23. The van der Waals surface area contributed by atoms with E-state index in [1.807, 2.05) is 24.9 Å². The third kappa shape index (κ3) is 4.78. The number of aromatic nitrogens is 2. The van der Waals surface area contributed by atoms with Gasteiger partial charge in [-0.25, -0.2) is 13.2 Å². The van der Waals surface area contributed by atoms with Gasteiger partial charge in [0, 0.05) is 42.0 Å². The second-order valence-corrected chi connectivity index (χ2v) is 15.0. The normalized spacial score (nSPS) is 26.0. The summed E-state index contributed by atoms with van der Waals surface area (Å²) in [5, 5.41) is 10.6. The lowest BCUT2D eigenvalue weighted by molar-refractivity contribution is -0.147. The lowest BCUT2D eigenvalue weighted by atomic mass is 9.83. The number of ether oxygens (including phenoxy) is 1. The van der Waals surface area contributed by atoms with E-state index < -0.39 is 29.3 Å². The number of nitriles is 1. The molecule has 3 aliphatic heterocycles. The molecule has 48 heavy (non-hydrogen) atoms. The average molecular weight is 696 g/mol. The summed E-state index contributed by atoms with van der Waals surface area (Å²) in [6, 6.07) is 6.35. The zero-order chi connectivity index (χ0) is 33.6. The number of anilines is 2. The number of benzene rings is 2. The Hall–Kier alpha value is -3.86. The van der Waals surface area contributed by atoms with Gasteiger partial charge in [-0.3, -0.25) is 9.69 Å². The summed E-state index contributed by atoms with van der Waals surface area (Å²) in [7, 11) is 2.04. The lowest BCUT2D eigenvalue weighted by Gasteiger charge is -2.51. The number of fused-ring (bicyclic) bond motifs is 2. The van der Waals surface area contributed by atoms with Crippen molar-refractivity contribution in [2.45, 2.75) is 62.9 Å². The number of thiophene rings is 1. The second-order valence-electron chi connectivity index (χ2n) is 13.5. The number of hydrogen-bond acceptors (Lipinski definition) is 9. The Kier molecular flexibility index (Phi) is 7.43. The third-order valence-corrected chi connectivity index (χ3v) is 12.1. The molecule has 2 aromatic carbocycles. The van der Waals surface area contributed by atoms with E-state index in [2.05, 4.69) is 9.88 Å². The van der Waals surface area contributed by atoms with Gasteiger partial charge in [-0.2, -0.15) is 15.2 Å². The number of nitrogens with two attached hydrogens (primary N) is 1. The molecule has 14 heteroatoms. The molecule has 0 radical (unpaired) electrons. The molecular formula is C34H33ClF3N7O2S. The highest BCUT2D eigenvalue weighted by atomic mass is 35.5. The van der Waals surface area contributed by atoms with Crippen LogP contribution in [0.15, 0.2) is 18.2 Å². The number of rotatable bonds is 6. The van der Waals surface area contributed by atoms with Gasteiger partial charge in [-0.05, 0) is 70.3 Å². The van der Waals surface area contributed by atoms with Crippen LogP contribution < -0.4 is 15.4 Å². The summed E-state index contributed by atoms with van der Waals surface area (Å²) in [5.74, 6) is -1.63. The number of carbonyl (C=O) groups is 1. The summed E-state index contributed by atoms with van der Waals surface area (Å²) in [5.41, 5.74) is 5.81. The Morgan fingerprint density at radius 3 is 2.69 bits per heavy atom. The van der Waals surface area contributed by atoms with Crippen molar-refractivity contribution in [1.82, 2.24) is 19.8 Å². The smallest absolute Gasteiger partial charge is 0.319 e. The van der Waals surface area contributed by atoms with Crippen LogP contribution in [0.3, 0.4) is 0 Å². The van der Waals surface area contributed by atoms with E-state index in [9.17, 15) is 18.8 Å². The zero-order valence-corrected chi connectivity index (χ0v) is 28.0. The van der Waals surface area contributed by atoms with Crippen LogP contribution in [-0.2, 0) is 4.79 Å². The van der Waals surface area contributed by atoms with Crippen molar-refractivity contribution < 1.29 is 22.7 Å². The highest BCUT2D eigenvalue weighted by Gasteiger charge is 2.56. The topological polar surface area (TPSA) is 112 Å². The van der Waals surface area contributed by atoms with Gasteiger partial charge in [-0.15, -0.1) is 11.3 Å². The Balaban J connectivity index is 1.25. The molecule has 4 fully saturated rings. The number of nitrogens with zero attached hydrogens (tertiary/aromatic N) is 6. The minimum Gasteiger partial charge on any atom is -0.459 e. The fourth-order valence-corrected chi connectivity index (χ4v) is 9.19. The molecule has 1 spiro atoms. The first kappa shape index (κ1) is 31.4. The number of carbonyl (C=O) groups excluding carboxylic acids is 1. The minimum atomic E-state index is -1.07. The van der Waals surface area contributed by atoms with Crippen LogP contribution in [0, 0.1) is 28.9 Å². The molecule has 1 amide bonds. The summed E-state index contributed by atoms with van der Waals surface area (Å²) in [6.07, 6.45) is 2.32. The van der Waals surface area contributed by atoms with Crippen LogP contribution in [0.2, 0.25) is 5.02 Å². The predicted molar refractivity (Wildman–Crippen MR) is 179 cm³/mol. The molecule has 5 atom stereocenters. The number of halogens is 4. The molecule has 250 valence electrons. The van der Waals surface area contributed by atoms with Gasteiger partial charge in [0.05, 0.1) is 26.7 Å². The van der Waals surface area contributed by atoms with E-state index in [0.29, 0.717) is 37.3 Å². The second kappa shape index (κ2) is 11.4. The van der Waals surface area contributed by atoms with Gasteiger partial charge in [0.2, 0.25) is 5.91 Å². The molecule has 2 aromatic heterocycles. The van der Waals surface area contributed by atoms with Crippen LogP contribution in [0.1, 0.15) is 44.6 Å². The number of alkyl halides is 1. The largest absolute Gasteiger partial charge is 0.459 e. The Labute approximate surface area is 284 Å². The molecule has 4 aromatic rings. The summed E-state index contributed by atoms with van der Waals surface area (Å²) < 4.78 is 52.2. The van der Waals surface area contributed by atoms with Gasteiger partial charge >= 0.3 is 6.01 Å². The number of amides is 1. The van der Waals surface area contributed by atoms with E-state index in [1.54, 1.807) is 11.0 Å². The fourth-order valence-electron chi connectivity index (χ4n) is 7.95. The Morgan fingerprint density at radius 1 is 1.25 bits per heavy atom. The maximum absolute atomic E-state index is 17.0. The van der Waals surface area contributed by atoms with Crippen LogP contribution in [0.5, 0.6) is 6.01 Å². The minimum absolute atomic E-state index is 0.0000365. The molecule has 3 saturated heterocycles. The predicted octanol–water partition coefficient (Wildman–Crippen LogP) is 6.30. The highest BCUT2D eigenvalue weighted by Crippen LogP contribution is 2.48. The van der Waals surface area contributed by atoms with Crippen LogP contribution in [0.25, 0.3) is 32.1 Å². The summed E-state index contributed by atoms with van der Waals surface area (Å²) >= 11 is 7.78. The van der Waals surface area contributed by atoms with Crippen molar-refractivity contribution in [1.29, 1.82) is 5.26 Å². The van der Waals surface area contributed by atoms with Crippen molar-refractivity contribution in [3.63, 3.8) is 0 Å². The van der Waals surface area contributed by atoms with Crippen LogP contribution in [-0.4, -0.2) is 82.8 Å². The number of nitrogen functional groups attached to an aromatic ring is 1. The standard InChI is InChI=1S/C34H33ClF3N7O2S/c1-16(24-4-3-9-43(24)2)47-33-41-28-19(31(42-33)44-10-7-34(15-44)8-11-45(34)32(46)18-13-23(18)37)12-21(35)26(27(28)38)17-5-6-22(36)29-25(17)20(14-39)30(40)48-29/h5-6,12,16,18,23-24H,3-4,7-11,13,15,40H2,1-2H3/t16-,18+,23+,24-,34?/m0/s1. The average Bonchev–Trinajstić information content (AvgIpc) is 3.37. The molecule has 1 saturated carbocycles. The van der Waals surface area contributed by atoms with Crippen molar-refractivity contribution in [2.24, 2.45) is 5.92 Å². The number of likely N-dealkylation sites (N-methyl/N-ethyl adjacent to an activating group) is 1. The molecule has 1 aliphatic carbocycles. The lowest BCUT2D eigenvalue weighted by Crippen LogP contribution is -2.64. The number of hydrogen-bond donors (Lipinski definition) is 1. The number of likely N-dealkylation sites (tertiary alicyclic amines) is 2. The first-order valence-corrected chi connectivity index (χ1v) is 17.4. The Bertz CT molecular complexity index is 2060. The van der Waals surface area contributed by atoms with E-state index in [1.165, 1.54) is 12.1 Å². The van der Waals surface area contributed by atoms with Crippen molar-refractivity contribution in [3.8, 4) is 23.2 Å². The van der Waals surface area contributed by atoms with Crippen molar-refractivity contribution >= 4 is 60.7 Å². The van der Waals surface area contributed by atoms with Crippen LogP contribution >= 0.6 is 22.9 Å². The molecule has 1 unspecified atom stereocenters. The molecule has 9 nitrogen and oxygen atoms in total. The molecule has 8 rings (SSSR count). The first-order chi connectivity index (χ1) is 23.0. The van der Waals surface area contributed by atoms with E-state index in [-0.39, 0.29) is 72.8 Å². The molecule has 4 aliphatic rings. The van der Waals surface area contributed by atoms with Gasteiger partial charge in [0.25, 0.3) is 0 Å². The van der Waals surface area contributed by atoms with Crippen molar-refractivity contribution in [2.75, 3.05) is 43.9 Å². The first-order valence-electron chi connectivity index (χ1n) is 16.2. The molecular weight excluding hydrogens is 663 g/mol. The SMILES string of the molecule is C[C@H](Oc1nc(N2CCC3(CCN3C(=O)[C@@H]3C[C@H]3F)C2)c2cc(Cl)c(-c3ccc(F)c4sc(N)c(C#N)c34)c(F)c2n1)[C@@H]1CCCN1C. The van der Waals surface area contributed by atoms with Crippen molar-refractivity contribution in [3.05, 3.63) is 40.4 Å². The van der Waals surface area contributed by atoms with E-state index in [4.69, 9.17) is 27.1 Å². The van der Waals surface area contributed by atoms with Gasteiger partial charge in [-0.1, -0.05) is 17.7 Å². The molecule has 2 N–H and O–H groups in total. The maximum Gasteiger partial charge on any atom is 0.319 e. The molecule has 5 heterocycles. The van der Waals surface area contributed by atoms with Gasteiger partial charge < -0.3 is 20.3 Å². The monoisotopic (exact) mass is 695 g/mol. The maximum atomic E-state index is 17.0. The fraction of sp³-hybridized carbons (Fsp3) is 0.471. The van der Waals surface area contributed by atoms with Gasteiger partial charge in [0.15, 0.2) is 5.82 Å². The molecule has 0 bridgehead atoms. The Morgan fingerprint density at radius 2 is 2.02 bits per heavy atom. The zero-order valence-electron chi connectivity index (χ0n) is 26.4. The quantitative estimate of drug-likeness (QED) is 0.250. The van der Waals surface area contributed by atoms with Gasteiger partial charge in [0.1, 0.15) is 40.5 Å². The van der Waals surface area contributed by atoms with Crippen LogP contribution in [0.4, 0.5) is 24.0 Å². The van der Waals surface area contributed by atoms with E-state index >= 15 is 4.39 Å². The third-order valence-electron chi connectivity index (χ3n) is 10.8. The summed E-state index contributed by atoms with van der Waals surface area (Å²) in [4.78, 5) is 28.5.